The average Bonchev–Trinajstić information content (AvgIpc) is 3.35. The first-order valence-electron chi connectivity index (χ1n) is 11.0. The Kier molecular flexibility index (Phi) is 6.89. The number of thioether (sulfide) groups is 1. The number of rotatable bonds is 10. The van der Waals surface area contributed by atoms with E-state index >= 15 is 0 Å². The van der Waals surface area contributed by atoms with Gasteiger partial charge in [0.25, 0.3) is 0 Å². The number of benzene rings is 1. The number of hydrogen-bond donors (Lipinski definition) is 1. The summed E-state index contributed by atoms with van der Waals surface area (Å²) in [5, 5.41) is 9.50. The predicted octanol–water partition coefficient (Wildman–Crippen LogP) is 3.94. The van der Waals surface area contributed by atoms with E-state index in [1.165, 1.54) is 11.8 Å². The summed E-state index contributed by atoms with van der Waals surface area (Å²) in [4.78, 5) is 12.8. The first kappa shape index (κ1) is 25.2. The highest BCUT2D eigenvalue weighted by atomic mass is 35.5. The fourth-order valence-corrected chi connectivity index (χ4v) is 7.96. The first-order valence-corrected chi connectivity index (χ1v) is 14.1. The van der Waals surface area contributed by atoms with Crippen molar-refractivity contribution in [2.24, 2.45) is 16.7 Å². The van der Waals surface area contributed by atoms with Crippen molar-refractivity contribution in [3.63, 3.8) is 0 Å². The molecule has 0 unspecified atom stereocenters. The van der Waals surface area contributed by atoms with Gasteiger partial charge < -0.3 is 4.74 Å². The summed E-state index contributed by atoms with van der Waals surface area (Å²) in [6, 6.07) is 7.30. The predicted molar refractivity (Wildman–Crippen MR) is 133 cm³/mol. The molecule has 1 aromatic heterocycles. The van der Waals surface area contributed by atoms with Crippen LogP contribution in [-0.4, -0.2) is 47.6 Å². The van der Waals surface area contributed by atoms with Crippen molar-refractivity contribution in [1.82, 2.24) is 19.5 Å². The minimum absolute atomic E-state index is 0.0577. The molecule has 0 radical (unpaired) electrons. The second-order valence-electron chi connectivity index (χ2n) is 9.49. The molecule has 1 N–H and O–H groups in total. The van der Waals surface area contributed by atoms with E-state index < -0.39 is 15.4 Å². The number of nitrogens with zero attached hydrogens (tertiary/aromatic N) is 3. The Balaban J connectivity index is 1.57. The van der Waals surface area contributed by atoms with Gasteiger partial charge in [0.2, 0.25) is 10.0 Å². The Labute approximate surface area is 209 Å². The lowest BCUT2D eigenvalue weighted by Crippen LogP contribution is -2.45. The van der Waals surface area contributed by atoms with E-state index in [4.69, 9.17) is 16.3 Å². The molecule has 1 aromatic carbocycles. The van der Waals surface area contributed by atoms with Gasteiger partial charge in [-0.05, 0) is 48.4 Å². The van der Waals surface area contributed by atoms with Gasteiger partial charge in [-0.3, -0.25) is 9.36 Å². The molecular formula is C23H29ClN4O4S2. The molecule has 1 heterocycles. The third-order valence-electron chi connectivity index (χ3n) is 7.41. The van der Waals surface area contributed by atoms with Crippen LogP contribution in [0.25, 0.3) is 5.69 Å². The van der Waals surface area contributed by atoms with E-state index in [2.05, 4.69) is 21.5 Å². The monoisotopic (exact) mass is 524 g/mol. The molecule has 8 nitrogen and oxygen atoms in total. The van der Waals surface area contributed by atoms with Gasteiger partial charge in [-0.15, -0.1) is 10.2 Å². The maximum Gasteiger partial charge on any atom is 0.213 e. The van der Waals surface area contributed by atoms with E-state index in [-0.39, 0.29) is 29.4 Å². The maximum absolute atomic E-state index is 13.2. The molecule has 0 aliphatic heterocycles. The van der Waals surface area contributed by atoms with E-state index in [0.717, 1.165) is 12.1 Å². The summed E-state index contributed by atoms with van der Waals surface area (Å²) in [6.07, 6.45) is 1.99. The fraction of sp³-hybridized carbons (Fsp3) is 0.522. The number of fused-ring (bicyclic) bond motifs is 2. The lowest BCUT2D eigenvalue weighted by molar-refractivity contribution is -0.128. The SMILES string of the molecule is C=C(Cl)CSc1nnc(CNS(=O)(=O)C[C@@]23CC[C@@H](CC2=O)C3(C)C)n1-c1ccc(OC)cc1. The molecular weight excluding hydrogens is 496 g/mol. The van der Waals surface area contributed by atoms with Gasteiger partial charge in [-0.2, -0.15) is 0 Å². The number of carbonyl (C=O) groups excluding carboxylic acids is 1. The smallest absolute Gasteiger partial charge is 0.213 e. The topological polar surface area (TPSA) is 103 Å². The Morgan fingerprint density at radius 2 is 2.03 bits per heavy atom. The Bertz CT molecular complexity index is 1210. The molecule has 184 valence electrons. The molecule has 2 bridgehead atoms. The van der Waals surface area contributed by atoms with Crippen molar-refractivity contribution in [2.45, 2.75) is 44.8 Å². The summed E-state index contributed by atoms with van der Waals surface area (Å²) in [6.45, 7) is 7.70. The van der Waals surface area contributed by atoms with Crippen LogP contribution in [0.5, 0.6) is 5.75 Å². The molecule has 2 saturated carbocycles. The molecule has 11 heteroatoms. The second-order valence-corrected chi connectivity index (χ2v) is 12.8. The number of halogens is 1. The van der Waals surface area contributed by atoms with E-state index in [1.807, 2.05) is 38.1 Å². The van der Waals surface area contributed by atoms with Crippen molar-refractivity contribution in [3.05, 3.63) is 41.7 Å². The van der Waals surface area contributed by atoms with Crippen LogP contribution in [0.2, 0.25) is 0 Å². The van der Waals surface area contributed by atoms with Crippen molar-refractivity contribution >= 4 is 39.2 Å². The summed E-state index contributed by atoms with van der Waals surface area (Å²) < 4.78 is 36.0. The van der Waals surface area contributed by atoms with Gasteiger partial charge in [0.05, 0.1) is 19.4 Å². The molecule has 34 heavy (non-hydrogen) atoms. The van der Waals surface area contributed by atoms with Crippen LogP contribution < -0.4 is 9.46 Å². The van der Waals surface area contributed by atoms with Crippen LogP contribution >= 0.6 is 23.4 Å². The van der Waals surface area contributed by atoms with Crippen LogP contribution in [0.15, 0.2) is 41.0 Å². The highest BCUT2D eigenvalue weighted by Crippen LogP contribution is 2.64. The number of sulfonamides is 1. The summed E-state index contributed by atoms with van der Waals surface area (Å²) in [5.74, 6) is 1.68. The highest BCUT2D eigenvalue weighted by Gasteiger charge is 2.65. The van der Waals surface area contributed by atoms with E-state index in [0.29, 0.717) is 40.4 Å². The lowest BCUT2D eigenvalue weighted by atomic mass is 9.70. The minimum atomic E-state index is -3.75. The summed E-state index contributed by atoms with van der Waals surface area (Å²) >= 11 is 7.28. The van der Waals surface area contributed by atoms with Crippen molar-refractivity contribution < 1.29 is 17.9 Å². The zero-order chi connectivity index (χ0) is 24.7. The summed E-state index contributed by atoms with van der Waals surface area (Å²) in [5.41, 5.74) is -0.392. The number of hydrogen-bond acceptors (Lipinski definition) is 7. The lowest BCUT2D eigenvalue weighted by Gasteiger charge is -2.36. The Morgan fingerprint density at radius 1 is 1.32 bits per heavy atom. The van der Waals surface area contributed by atoms with Crippen LogP contribution in [0, 0.1) is 16.7 Å². The molecule has 2 atom stereocenters. The molecule has 0 spiro atoms. The van der Waals surface area contributed by atoms with Crippen LogP contribution in [0.1, 0.15) is 38.9 Å². The quantitative estimate of drug-likeness (QED) is 0.469. The first-order chi connectivity index (χ1) is 16.0. The maximum atomic E-state index is 13.2. The molecule has 0 saturated heterocycles. The Hall–Kier alpha value is -1.88. The van der Waals surface area contributed by atoms with Crippen LogP contribution in [-0.2, 0) is 21.4 Å². The Morgan fingerprint density at radius 3 is 2.59 bits per heavy atom. The van der Waals surface area contributed by atoms with Gasteiger partial charge in [-0.1, -0.05) is 43.8 Å². The average molecular weight is 525 g/mol. The van der Waals surface area contributed by atoms with Gasteiger partial charge in [0.15, 0.2) is 11.0 Å². The second kappa shape index (κ2) is 9.29. The molecule has 2 aliphatic rings. The van der Waals surface area contributed by atoms with Gasteiger partial charge >= 0.3 is 0 Å². The van der Waals surface area contributed by atoms with E-state index in [1.54, 1.807) is 11.7 Å². The number of aromatic nitrogens is 3. The number of ether oxygens (including phenoxy) is 1. The molecule has 4 rings (SSSR count). The van der Waals surface area contributed by atoms with Crippen molar-refractivity contribution in [2.75, 3.05) is 18.6 Å². The minimum Gasteiger partial charge on any atom is -0.497 e. The number of Topliss-reactive ketones (excluding diaryl/α,β-unsaturated/α-hetero) is 1. The highest BCUT2D eigenvalue weighted by molar-refractivity contribution is 7.99. The summed E-state index contributed by atoms with van der Waals surface area (Å²) in [7, 11) is -2.16. The molecule has 0 amide bonds. The van der Waals surface area contributed by atoms with Crippen LogP contribution in [0.3, 0.4) is 0 Å². The third-order valence-corrected chi connectivity index (χ3v) is 10.2. The van der Waals surface area contributed by atoms with Crippen LogP contribution in [0.4, 0.5) is 0 Å². The number of carbonyl (C=O) groups is 1. The molecule has 2 aromatic rings. The van der Waals surface area contributed by atoms with E-state index in [9.17, 15) is 13.2 Å². The normalized spacial score (nSPS) is 23.4. The molecule has 2 fully saturated rings. The van der Waals surface area contributed by atoms with Gasteiger partial charge in [0, 0.05) is 28.3 Å². The fourth-order valence-electron chi connectivity index (χ4n) is 5.30. The number of methoxy groups -OCH3 is 1. The number of ketones is 1. The van der Waals surface area contributed by atoms with Gasteiger partial charge in [0.1, 0.15) is 11.5 Å². The molecule has 2 aliphatic carbocycles. The largest absolute Gasteiger partial charge is 0.497 e. The van der Waals surface area contributed by atoms with Gasteiger partial charge in [-0.25, -0.2) is 13.1 Å². The zero-order valence-corrected chi connectivity index (χ0v) is 21.9. The zero-order valence-electron chi connectivity index (χ0n) is 19.5. The third kappa shape index (κ3) is 4.53. The van der Waals surface area contributed by atoms with Crippen molar-refractivity contribution in [3.8, 4) is 11.4 Å². The van der Waals surface area contributed by atoms with Crippen molar-refractivity contribution in [1.29, 1.82) is 0 Å². The number of nitrogens with one attached hydrogen (secondary N) is 1. The standard InChI is InChI=1S/C23H29ClN4O4S2/c1-15(24)13-33-21-27-26-20(28(21)17-5-7-18(32-4)8-6-17)12-25-34(30,31)14-23-10-9-16(11-19(23)29)22(23,2)3/h5-8,16,25H,1,9-14H2,2-4H3/t16-,23-/m0/s1.